The number of aromatic nitrogens is 2. The number of methoxy groups -OCH3 is 1. The second-order valence-electron chi connectivity index (χ2n) is 4.42. The van der Waals surface area contributed by atoms with Gasteiger partial charge in [0.25, 0.3) is 0 Å². The van der Waals surface area contributed by atoms with Crippen molar-refractivity contribution in [2.45, 2.75) is 25.1 Å². The van der Waals surface area contributed by atoms with Crippen LogP contribution >= 0.6 is 11.6 Å². The molecule has 1 fully saturated rings. The van der Waals surface area contributed by atoms with Crippen LogP contribution in [0.1, 0.15) is 19.8 Å². The largest absolute Gasteiger partial charge is 0.481 e. The highest BCUT2D eigenvalue weighted by molar-refractivity contribution is 6.20. The third-order valence-corrected chi connectivity index (χ3v) is 3.71. The molecular weight excluding hydrogens is 238 g/mol. The van der Waals surface area contributed by atoms with Crippen LogP contribution in [0.2, 0.25) is 0 Å². The van der Waals surface area contributed by atoms with Crippen LogP contribution in [0.4, 0.5) is 5.82 Å². The minimum Gasteiger partial charge on any atom is -0.481 e. The SMILES string of the molecule is COc1cc(N2CCC(C(C)Cl)CC2)ncn1. The summed E-state index contributed by atoms with van der Waals surface area (Å²) in [6.07, 6.45) is 3.79. The second-order valence-corrected chi connectivity index (χ2v) is 5.11. The molecule has 1 aliphatic heterocycles. The Bertz CT molecular complexity index is 365. The molecule has 0 spiro atoms. The zero-order chi connectivity index (χ0) is 12.3. The summed E-state index contributed by atoms with van der Waals surface area (Å²) in [6, 6.07) is 1.88. The molecule has 0 bridgehead atoms. The van der Waals surface area contributed by atoms with Gasteiger partial charge in [-0.1, -0.05) is 0 Å². The molecule has 0 saturated carbocycles. The van der Waals surface area contributed by atoms with Crippen molar-refractivity contribution in [3.05, 3.63) is 12.4 Å². The van der Waals surface area contributed by atoms with Crippen molar-refractivity contribution >= 4 is 17.4 Å². The van der Waals surface area contributed by atoms with E-state index in [1.54, 1.807) is 13.4 Å². The third kappa shape index (κ3) is 3.00. The normalized spacial score (nSPS) is 19.1. The van der Waals surface area contributed by atoms with Crippen LogP contribution < -0.4 is 9.64 Å². The Balaban J connectivity index is 2.00. The standard InChI is InChI=1S/C12H18ClN3O/c1-9(13)10-3-5-16(6-4-10)11-7-12(17-2)15-8-14-11/h7-10H,3-6H2,1-2H3. The monoisotopic (exact) mass is 255 g/mol. The first-order chi connectivity index (χ1) is 8.20. The Morgan fingerprint density at radius 2 is 2.12 bits per heavy atom. The van der Waals surface area contributed by atoms with E-state index in [1.165, 1.54) is 0 Å². The highest BCUT2D eigenvalue weighted by Gasteiger charge is 2.23. The molecule has 2 rings (SSSR count). The Labute approximate surface area is 107 Å². The smallest absolute Gasteiger partial charge is 0.218 e. The van der Waals surface area contributed by atoms with Gasteiger partial charge in [0.15, 0.2) is 0 Å². The summed E-state index contributed by atoms with van der Waals surface area (Å²) in [4.78, 5) is 10.6. The minimum absolute atomic E-state index is 0.261. The van der Waals surface area contributed by atoms with E-state index >= 15 is 0 Å². The highest BCUT2D eigenvalue weighted by Crippen LogP contribution is 2.27. The molecule has 1 unspecified atom stereocenters. The summed E-state index contributed by atoms with van der Waals surface area (Å²) in [7, 11) is 1.62. The summed E-state index contributed by atoms with van der Waals surface area (Å²) >= 11 is 6.13. The molecule has 1 aliphatic rings. The lowest BCUT2D eigenvalue weighted by molar-refractivity contribution is 0.390. The van der Waals surface area contributed by atoms with Crippen LogP contribution in [0.5, 0.6) is 5.88 Å². The van der Waals surface area contributed by atoms with E-state index in [0.29, 0.717) is 11.8 Å². The number of piperidine rings is 1. The summed E-state index contributed by atoms with van der Waals surface area (Å²) in [5, 5.41) is 0.261. The van der Waals surface area contributed by atoms with Gasteiger partial charge < -0.3 is 9.64 Å². The van der Waals surface area contributed by atoms with E-state index in [9.17, 15) is 0 Å². The number of nitrogens with zero attached hydrogens (tertiary/aromatic N) is 3. The maximum Gasteiger partial charge on any atom is 0.218 e. The number of alkyl halides is 1. The van der Waals surface area contributed by atoms with Crippen LogP contribution in [-0.2, 0) is 0 Å². The van der Waals surface area contributed by atoms with Gasteiger partial charge in [-0.2, -0.15) is 0 Å². The molecule has 5 heteroatoms. The van der Waals surface area contributed by atoms with Gasteiger partial charge in [0, 0.05) is 24.5 Å². The molecule has 4 nitrogen and oxygen atoms in total. The fraction of sp³-hybridized carbons (Fsp3) is 0.667. The van der Waals surface area contributed by atoms with Gasteiger partial charge in [-0.15, -0.1) is 11.6 Å². The van der Waals surface area contributed by atoms with Crippen molar-refractivity contribution in [1.82, 2.24) is 9.97 Å². The number of ether oxygens (including phenoxy) is 1. The zero-order valence-electron chi connectivity index (χ0n) is 10.3. The summed E-state index contributed by atoms with van der Waals surface area (Å²) < 4.78 is 5.11. The van der Waals surface area contributed by atoms with Crippen LogP contribution in [-0.4, -0.2) is 35.5 Å². The Morgan fingerprint density at radius 1 is 1.41 bits per heavy atom. The number of halogens is 1. The van der Waals surface area contributed by atoms with Gasteiger partial charge in [-0.05, 0) is 25.7 Å². The molecule has 94 valence electrons. The van der Waals surface area contributed by atoms with Crippen LogP contribution in [0.25, 0.3) is 0 Å². The van der Waals surface area contributed by atoms with Crippen LogP contribution in [0.15, 0.2) is 12.4 Å². The first-order valence-electron chi connectivity index (χ1n) is 5.95. The molecule has 17 heavy (non-hydrogen) atoms. The lowest BCUT2D eigenvalue weighted by atomic mass is 9.94. The van der Waals surface area contributed by atoms with Gasteiger partial charge in [-0.25, -0.2) is 9.97 Å². The lowest BCUT2D eigenvalue weighted by Crippen LogP contribution is -2.36. The van der Waals surface area contributed by atoms with E-state index in [1.807, 2.05) is 6.07 Å². The van der Waals surface area contributed by atoms with Gasteiger partial charge >= 0.3 is 0 Å². The lowest BCUT2D eigenvalue weighted by Gasteiger charge is -2.33. The van der Waals surface area contributed by atoms with Crippen molar-refractivity contribution in [2.75, 3.05) is 25.1 Å². The fourth-order valence-corrected chi connectivity index (χ4v) is 2.45. The highest BCUT2D eigenvalue weighted by atomic mass is 35.5. The van der Waals surface area contributed by atoms with Crippen molar-refractivity contribution < 1.29 is 4.74 Å². The number of rotatable bonds is 3. The summed E-state index contributed by atoms with van der Waals surface area (Å²) in [5.41, 5.74) is 0. The second kappa shape index (κ2) is 5.54. The zero-order valence-corrected chi connectivity index (χ0v) is 11.0. The molecule has 0 aliphatic carbocycles. The Hall–Kier alpha value is -1.03. The van der Waals surface area contributed by atoms with E-state index in [0.717, 1.165) is 31.7 Å². The van der Waals surface area contributed by atoms with Gasteiger partial charge in [0.1, 0.15) is 12.1 Å². The molecule has 0 aromatic carbocycles. The van der Waals surface area contributed by atoms with Crippen LogP contribution in [0, 0.1) is 5.92 Å². The first kappa shape index (κ1) is 12.4. The van der Waals surface area contributed by atoms with E-state index in [4.69, 9.17) is 16.3 Å². The predicted molar refractivity (Wildman–Crippen MR) is 68.8 cm³/mol. The quantitative estimate of drug-likeness (QED) is 0.777. The summed E-state index contributed by atoms with van der Waals surface area (Å²) in [5.74, 6) is 2.18. The molecule has 0 radical (unpaired) electrons. The van der Waals surface area contributed by atoms with Crippen molar-refractivity contribution in [3.63, 3.8) is 0 Å². The van der Waals surface area contributed by atoms with Gasteiger partial charge in [0.2, 0.25) is 5.88 Å². The maximum atomic E-state index is 6.13. The number of hydrogen-bond acceptors (Lipinski definition) is 4. The Kier molecular flexibility index (Phi) is 4.05. The van der Waals surface area contributed by atoms with Crippen molar-refractivity contribution in [2.24, 2.45) is 5.92 Å². The van der Waals surface area contributed by atoms with Crippen LogP contribution in [0.3, 0.4) is 0 Å². The van der Waals surface area contributed by atoms with E-state index in [2.05, 4.69) is 21.8 Å². The summed E-state index contributed by atoms with van der Waals surface area (Å²) in [6.45, 7) is 4.08. The first-order valence-corrected chi connectivity index (χ1v) is 6.39. The molecule has 1 saturated heterocycles. The van der Waals surface area contributed by atoms with Gasteiger partial charge in [-0.3, -0.25) is 0 Å². The molecular formula is C12H18ClN3O. The molecule has 1 atom stereocenters. The number of hydrogen-bond donors (Lipinski definition) is 0. The topological polar surface area (TPSA) is 38.2 Å². The molecule has 1 aromatic heterocycles. The molecule has 0 N–H and O–H groups in total. The van der Waals surface area contributed by atoms with Crippen molar-refractivity contribution in [1.29, 1.82) is 0 Å². The molecule has 0 amide bonds. The minimum atomic E-state index is 0.261. The number of anilines is 1. The predicted octanol–water partition coefficient (Wildman–Crippen LogP) is 2.33. The Morgan fingerprint density at radius 3 is 2.71 bits per heavy atom. The third-order valence-electron chi connectivity index (χ3n) is 3.35. The average molecular weight is 256 g/mol. The van der Waals surface area contributed by atoms with Gasteiger partial charge in [0.05, 0.1) is 7.11 Å². The molecule has 1 aromatic rings. The molecule has 2 heterocycles. The average Bonchev–Trinajstić information content (AvgIpc) is 2.39. The maximum absolute atomic E-state index is 6.13. The fourth-order valence-electron chi connectivity index (χ4n) is 2.20. The van der Waals surface area contributed by atoms with Crippen molar-refractivity contribution in [3.8, 4) is 5.88 Å². The van der Waals surface area contributed by atoms with E-state index in [-0.39, 0.29) is 5.38 Å². The van der Waals surface area contributed by atoms with E-state index < -0.39 is 0 Å².